The smallest absolute Gasteiger partial charge is 0.338 e. The molecule has 0 saturated heterocycles. The molecular weight excluding hydrogens is 322 g/mol. The minimum atomic E-state index is -0.408. The van der Waals surface area contributed by atoms with Gasteiger partial charge in [-0.25, -0.2) is 14.8 Å². The number of fused-ring (bicyclic) bond motifs is 1. The van der Waals surface area contributed by atoms with E-state index in [9.17, 15) is 14.4 Å². The third-order valence-electron chi connectivity index (χ3n) is 3.50. The number of anilines is 1. The molecule has 0 atom stereocenters. The van der Waals surface area contributed by atoms with Crippen LogP contribution in [0.5, 0.6) is 0 Å². The number of benzene rings is 1. The lowest BCUT2D eigenvalue weighted by atomic mass is 10.0. The lowest BCUT2D eigenvalue weighted by Crippen LogP contribution is -2.23. The summed E-state index contributed by atoms with van der Waals surface area (Å²) in [5.74, 6) is -1.19. The number of esters is 1. The van der Waals surface area contributed by atoms with Gasteiger partial charge in [-0.2, -0.15) is 0 Å². The van der Waals surface area contributed by atoms with Gasteiger partial charge >= 0.3 is 5.97 Å². The molecule has 1 aliphatic rings. The van der Waals surface area contributed by atoms with Crippen molar-refractivity contribution in [2.45, 2.75) is 13.3 Å². The van der Waals surface area contributed by atoms with Crippen LogP contribution in [0.15, 0.2) is 48.4 Å². The highest BCUT2D eigenvalue weighted by molar-refractivity contribution is 6.23. The minimum Gasteiger partial charge on any atom is -0.462 e. The molecular formula is C18H15N3O4. The fraction of sp³-hybridized carbons (Fsp3) is 0.167. The van der Waals surface area contributed by atoms with E-state index < -0.39 is 11.8 Å². The van der Waals surface area contributed by atoms with Gasteiger partial charge in [-0.15, -0.1) is 0 Å². The molecule has 25 heavy (non-hydrogen) atoms. The van der Waals surface area contributed by atoms with Crippen LogP contribution in [0.1, 0.15) is 44.7 Å². The molecule has 0 bridgehead atoms. The number of rotatable bonds is 5. The van der Waals surface area contributed by atoms with Crippen molar-refractivity contribution in [1.29, 1.82) is 0 Å². The van der Waals surface area contributed by atoms with Crippen LogP contribution in [0.4, 0.5) is 5.69 Å². The van der Waals surface area contributed by atoms with Gasteiger partial charge in [-0.3, -0.25) is 9.59 Å². The second-order valence-electron chi connectivity index (χ2n) is 5.34. The van der Waals surface area contributed by atoms with E-state index in [2.05, 4.69) is 15.3 Å². The van der Waals surface area contributed by atoms with Gasteiger partial charge in [0, 0.05) is 24.2 Å². The summed E-state index contributed by atoms with van der Waals surface area (Å²) in [5, 5.41) is 2.88. The molecule has 7 heteroatoms. The van der Waals surface area contributed by atoms with E-state index in [1.54, 1.807) is 24.3 Å². The summed E-state index contributed by atoms with van der Waals surface area (Å²) < 4.78 is 5.05. The normalized spacial score (nSPS) is 13.1. The molecule has 0 radical (unpaired) electrons. The summed E-state index contributed by atoms with van der Waals surface area (Å²) >= 11 is 0. The van der Waals surface area contributed by atoms with Crippen LogP contribution in [-0.2, 0) is 4.74 Å². The van der Waals surface area contributed by atoms with E-state index in [-0.39, 0.29) is 22.9 Å². The fourth-order valence-electron chi connectivity index (χ4n) is 2.29. The Hall–Kier alpha value is -3.35. The zero-order valence-corrected chi connectivity index (χ0v) is 13.5. The number of nitrogens with one attached hydrogen (secondary N) is 1. The van der Waals surface area contributed by atoms with Crippen molar-refractivity contribution in [3.63, 3.8) is 0 Å². The van der Waals surface area contributed by atoms with Gasteiger partial charge in [0.1, 0.15) is 11.4 Å². The maximum absolute atomic E-state index is 12.4. The first-order chi connectivity index (χ1) is 12.1. The largest absolute Gasteiger partial charge is 0.462 e. The summed E-state index contributed by atoms with van der Waals surface area (Å²) in [6.07, 6.45) is 4.68. The second-order valence-corrected chi connectivity index (χ2v) is 5.34. The quantitative estimate of drug-likeness (QED) is 0.837. The Balaban J connectivity index is 1.76. The number of carbonyl (C=O) groups excluding carboxylic acids is 3. The molecule has 0 aliphatic heterocycles. The molecule has 1 N–H and O–H groups in total. The lowest BCUT2D eigenvalue weighted by Gasteiger charge is -2.15. The number of hydrogen-bond donors (Lipinski definition) is 1. The number of carbonyl (C=O) groups is 3. The molecule has 0 amide bonds. The molecule has 3 rings (SSSR count). The van der Waals surface area contributed by atoms with Gasteiger partial charge in [0.15, 0.2) is 0 Å². The third kappa shape index (κ3) is 3.45. The summed E-state index contributed by atoms with van der Waals surface area (Å²) in [4.78, 5) is 44.0. The molecule has 0 spiro atoms. The number of allylic oxidation sites excluding steroid dienone is 2. The number of Topliss-reactive ketones (excluding diaryl/α,β-unsaturated/α-hetero) is 1. The van der Waals surface area contributed by atoms with Crippen molar-refractivity contribution in [3.8, 4) is 0 Å². The van der Waals surface area contributed by atoms with Gasteiger partial charge < -0.3 is 10.1 Å². The Morgan fingerprint density at radius 3 is 2.44 bits per heavy atom. The van der Waals surface area contributed by atoms with Crippen LogP contribution in [0.25, 0.3) is 0 Å². The number of ketones is 2. The van der Waals surface area contributed by atoms with Gasteiger partial charge in [-0.05, 0) is 30.7 Å². The number of hydrogen-bond acceptors (Lipinski definition) is 7. The highest BCUT2D eigenvalue weighted by atomic mass is 16.5. The molecule has 2 aromatic rings. The number of aromatic nitrogens is 2. The van der Waals surface area contributed by atoms with Crippen LogP contribution in [0.3, 0.4) is 0 Å². The number of ether oxygens (including phenoxy) is 1. The Bertz CT molecular complexity index is 872. The summed E-state index contributed by atoms with van der Waals surface area (Å²) in [6, 6.07) is 6.44. The Morgan fingerprint density at radius 1 is 1.08 bits per heavy atom. The van der Waals surface area contributed by atoms with Crippen LogP contribution < -0.4 is 5.32 Å². The second kappa shape index (κ2) is 7.04. The average Bonchev–Trinajstić information content (AvgIpc) is 2.64. The molecule has 1 aromatic carbocycles. The topological polar surface area (TPSA) is 98.2 Å². The molecule has 7 nitrogen and oxygen atoms in total. The van der Waals surface area contributed by atoms with Crippen molar-refractivity contribution < 1.29 is 19.1 Å². The fourth-order valence-corrected chi connectivity index (χ4v) is 2.29. The SMILES string of the molecule is CCCOC(=O)c1ccc(NC2=CC(=O)c3nccnc3C2=O)cc1. The van der Waals surface area contributed by atoms with Crippen LogP contribution >= 0.6 is 0 Å². The zero-order chi connectivity index (χ0) is 17.8. The van der Waals surface area contributed by atoms with Crippen LogP contribution in [-0.4, -0.2) is 34.1 Å². The lowest BCUT2D eigenvalue weighted by molar-refractivity contribution is 0.0505. The molecule has 0 fully saturated rings. The first kappa shape index (κ1) is 16.5. The average molecular weight is 337 g/mol. The van der Waals surface area contributed by atoms with E-state index >= 15 is 0 Å². The van der Waals surface area contributed by atoms with Crippen molar-refractivity contribution in [3.05, 3.63) is 65.4 Å². The van der Waals surface area contributed by atoms with Crippen molar-refractivity contribution in [2.75, 3.05) is 11.9 Å². The highest BCUT2D eigenvalue weighted by Crippen LogP contribution is 2.20. The molecule has 0 saturated carbocycles. The third-order valence-corrected chi connectivity index (χ3v) is 3.50. The zero-order valence-electron chi connectivity index (χ0n) is 13.5. The standard InChI is InChI=1S/C18H15N3O4/c1-2-9-25-18(24)11-3-5-12(6-4-11)21-13-10-14(22)15-16(17(13)23)20-8-7-19-15/h3-8,10,21H,2,9H2,1H3. The predicted molar refractivity (Wildman–Crippen MR) is 89.4 cm³/mol. The Morgan fingerprint density at radius 2 is 1.76 bits per heavy atom. The predicted octanol–water partition coefficient (Wildman–Crippen LogP) is 2.42. The van der Waals surface area contributed by atoms with Crippen molar-refractivity contribution in [1.82, 2.24) is 9.97 Å². The molecule has 1 aliphatic carbocycles. The minimum absolute atomic E-state index is 0.0252. The van der Waals surface area contributed by atoms with Crippen LogP contribution in [0.2, 0.25) is 0 Å². The van der Waals surface area contributed by atoms with E-state index in [0.717, 1.165) is 6.42 Å². The molecule has 0 unspecified atom stereocenters. The van der Waals surface area contributed by atoms with Gasteiger partial charge in [-0.1, -0.05) is 6.92 Å². The van der Waals surface area contributed by atoms with Gasteiger partial charge in [0.25, 0.3) is 0 Å². The maximum atomic E-state index is 12.4. The monoisotopic (exact) mass is 337 g/mol. The van der Waals surface area contributed by atoms with E-state index in [0.29, 0.717) is 17.9 Å². The highest BCUT2D eigenvalue weighted by Gasteiger charge is 2.28. The van der Waals surface area contributed by atoms with E-state index in [1.807, 2.05) is 6.92 Å². The number of nitrogens with zero attached hydrogens (tertiary/aromatic N) is 2. The molecule has 1 aromatic heterocycles. The maximum Gasteiger partial charge on any atom is 0.338 e. The summed E-state index contributed by atoms with van der Waals surface area (Å²) in [6.45, 7) is 2.28. The van der Waals surface area contributed by atoms with Crippen molar-refractivity contribution >= 4 is 23.2 Å². The van der Waals surface area contributed by atoms with Gasteiger partial charge in [0.2, 0.25) is 11.6 Å². The first-order valence-electron chi connectivity index (χ1n) is 7.76. The Labute approximate surface area is 143 Å². The van der Waals surface area contributed by atoms with E-state index in [4.69, 9.17) is 4.74 Å². The summed E-state index contributed by atoms with van der Waals surface area (Å²) in [5.41, 5.74) is 1.16. The van der Waals surface area contributed by atoms with Gasteiger partial charge in [0.05, 0.1) is 17.9 Å². The Kier molecular flexibility index (Phi) is 4.65. The van der Waals surface area contributed by atoms with Crippen LogP contribution in [0, 0.1) is 0 Å². The molecule has 1 heterocycles. The molecule has 126 valence electrons. The summed E-state index contributed by atoms with van der Waals surface area (Å²) in [7, 11) is 0. The first-order valence-corrected chi connectivity index (χ1v) is 7.76. The van der Waals surface area contributed by atoms with E-state index in [1.165, 1.54) is 18.5 Å². The van der Waals surface area contributed by atoms with Crippen molar-refractivity contribution in [2.24, 2.45) is 0 Å².